The second-order valence-electron chi connectivity index (χ2n) is 3.38. The number of para-hydroxylation sites is 1. The summed E-state index contributed by atoms with van der Waals surface area (Å²) in [5, 5.41) is 1.02. The third kappa shape index (κ3) is 2.24. The molecule has 2 nitrogen and oxygen atoms in total. The molecule has 0 N–H and O–H groups in total. The van der Waals surface area contributed by atoms with Crippen molar-refractivity contribution in [2.24, 2.45) is 0 Å². The average Bonchev–Trinajstić information content (AvgIpc) is 2.20. The van der Waals surface area contributed by atoms with Crippen LogP contribution in [0.15, 0.2) is 24.3 Å². The summed E-state index contributed by atoms with van der Waals surface area (Å²) < 4.78 is 1.10. The maximum atomic E-state index is 11.9. The van der Waals surface area contributed by atoms with Crippen molar-refractivity contribution < 1.29 is 4.79 Å². The number of rotatable bonds is 1. The van der Waals surface area contributed by atoms with E-state index < -0.39 is 0 Å². The Balaban J connectivity index is 2.40. The first kappa shape index (κ1) is 11.1. The minimum atomic E-state index is 0.214. The summed E-state index contributed by atoms with van der Waals surface area (Å²) in [6, 6.07) is 8.02. The average molecular weight is 331 g/mol. The molecule has 15 heavy (non-hydrogen) atoms. The molecule has 1 aromatic rings. The van der Waals surface area contributed by atoms with Crippen molar-refractivity contribution in [3.63, 3.8) is 0 Å². The van der Waals surface area contributed by atoms with Crippen LogP contribution in [0, 0.1) is 6.92 Å². The Morgan fingerprint density at radius 1 is 1.40 bits per heavy atom. The predicted octanol–water partition coefficient (Wildman–Crippen LogP) is 1.11. The molecule has 78 valence electrons. The van der Waals surface area contributed by atoms with E-state index in [0.717, 1.165) is 20.0 Å². The number of hydrogen-bond donors (Lipinski definition) is 0. The normalized spacial score (nSPS) is 17.0. The van der Waals surface area contributed by atoms with E-state index in [4.69, 9.17) is 0 Å². The van der Waals surface area contributed by atoms with Crippen molar-refractivity contribution >= 4 is 45.6 Å². The van der Waals surface area contributed by atoms with Crippen LogP contribution in [0.1, 0.15) is 12.0 Å². The van der Waals surface area contributed by atoms with Gasteiger partial charge in [-0.2, -0.15) is 0 Å². The molecule has 4 heteroatoms. The van der Waals surface area contributed by atoms with Gasteiger partial charge in [0, 0.05) is 0 Å². The summed E-state index contributed by atoms with van der Waals surface area (Å²) in [5.41, 5.74) is 2.18. The summed E-state index contributed by atoms with van der Waals surface area (Å²) in [5.74, 6) is 0.214. The van der Waals surface area contributed by atoms with Gasteiger partial charge >= 0.3 is 104 Å². The molecule has 0 atom stereocenters. The van der Waals surface area contributed by atoms with Crippen LogP contribution in [-0.2, 0) is 4.79 Å². The third-order valence-electron chi connectivity index (χ3n) is 2.33. The summed E-state index contributed by atoms with van der Waals surface area (Å²) in [7, 11) is 0. The van der Waals surface area contributed by atoms with E-state index >= 15 is 0 Å². The van der Waals surface area contributed by atoms with Crippen LogP contribution in [0.3, 0.4) is 0 Å². The van der Waals surface area contributed by atoms with E-state index in [1.807, 2.05) is 36.1 Å². The molecule has 0 saturated carbocycles. The number of carbonyl (C=O) groups is 1. The van der Waals surface area contributed by atoms with Crippen LogP contribution < -0.4 is 4.90 Å². The van der Waals surface area contributed by atoms with E-state index in [1.54, 1.807) is 0 Å². The quantitative estimate of drug-likeness (QED) is 0.706. The Bertz CT molecular complexity index is 401. The number of nitrogens with zero attached hydrogens (tertiary/aromatic N) is 1. The summed E-state index contributed by atoms with van der Waals surface area (Å²) >= 11 is 3.46. The number of aryl methyl sites for hydroxylation is 1. The molecular formula is C11H11NOSe2. The van der Waals surface area contributed by atoms with Gasteiger partial charge in [-0.15, -0.1) is 0 Å². The van der Waals surface area contributed by atoms with Crippen molar-refractivity contribution in [2.45, 2.75) is 18.7 Å². The Morgan fingerprint density at radius 2 is 2.13 bits per heavy atom. The Labute approximate surface area is 104 Å². The number of anilines is 1. The van der Waals surface area contributed by atoms with Gasteiger partial charge in [0.2, 0.25) is 0 Å². The first-order valence-electron chi connectivity index (χ1n) is 4.75. The van der Waals surface area contributed by atoms with Gasteiger partial charge in [0.05, 0.1) is 0 Å². The van der Waals surface area contributed by atoms with Gasteiger partial charge in [-0.25, -0.2) is 0 Å². The molecule has 1 aromatic carbocycles. The fraction of sp³-hybridized carbons (Fsp3) is 0.273. The Hall–Kier alpha value is -0.401. The van der Waals surface area contributed by atoms with E-state index in [9.17, 15) is 4.79 Å². The van der Waals surface area contributed by atoms with Gasteiger partial charge < -0.3 is 0 Å². The zero-order valence-electron chi connectivity index (χ0n) is 8.40. The first-order chi connectivity index (χ1) is 7.20. The molecule has 1 saturated heterocycles. The van der Waals surface area contributed by atoms with Gasteiger partial charge in [-0.1, -0.05) is 0 Å². The molecule has 0 spiro atoms. The monoisotopic (exact) mass is 333 g/mol. The van der Waals surface area contributed by atoms with Crippen molar-refractivity contribution in [1.82, 2.24) is 0 Å². The molecule has 1 aliphatic heterocycles. The molecular weight excluding hydrogens is 320 g/mol. The molecule has 1 heterocycles. The van der Waals surface area contributed by atoms with Crippen molar-refractivity contribution in [1.29, 1.82) is 0 Å². The summed E-state index contributed by atoms with van der Waals surface area (Å²) in [4.78, 5) is 13.7. The third-order valence-corrected chi connectivity index (χ3v) is 5.76. The van der Waals surface area contributed by atoms with Crippen LogP contribution in [0.25, 0.3) is 0 Å². The molecule has 1 amide bonds. The summed E-state index contributed by atoms with van der Waals surface area (Å²) in [6.07, 6.45) is 0.680. The fourth-order valence-electron chi connectivity index (χ4n) is 1.55. The summed E-state index contributed by atoms with van der Waals surface area (Å²) in [6.45, 7) is 2.04. The molecule has 1 aliphatic rings. The fourth-order valence-corrected chi connectivity index (χ4v) is 4.52. The van der Waals surface area contributed by atoms with Gasteiger partial charge in [-0.3, -0.25) is 0 Å². The van der Waals surface area contributed by atoms with Crippen LogP contribution >= 0.6 is 0 Å². The maximum absolute atomic E-state index is 11.9. The number of carbonyl (C=O) groups excluding carboxylic acids is 1. The number of amides is 1. The van der Waals surface area contributed by atoms with Crippen LogP contribution in [0.5, 0.6) is 0 Å². The minimum absolute atomic E-state index is 0.214. The van der Waals surface area contributed by atoms with Gasteiger partial charge in [-0.05, 0) is 0 Å². The van der Waals surface area contributed by atoms with E-state index in [1.165, 1.54) is 0 Å². The molecule has 0 bridgehead atoms. The van der Waals surface area contributed by atoms with E-state index in [2.05, 4.69) is 15.6 Å². The predicted molar refractivity (Wildman–Crippen MR) is 64.6 cm³/mol. The Kier molecular flexibility index (Phi) is 3.42. The number of benzene rings is 1. The van der Waals surface area contributed by atoms with Crippen LogP contribution in [0.2, 0.25) is 5.32 Å². The SMILES string of the molecule is Cc1ccccc1N1C(=O)CC[Se]C1=[Se]. The van der Waals surface area contributed by atoms with Crippen molar-refractivity contribution in [2.75, 3.05) is 4.90 Å². The second-order valence-corrected chi connectivity index (χ2v) is 7.77. The van der Waals surface area contributed by atoms with E-state index in [0.29, 0.717) is 21.4 Å². The standard InChI is InChI=1S/C11H11NOSe2/c1-8-4-2-3-5-9(8)12-10(13)6-7-15-11(12)14/h2-5H,6-7H2,1H3. The van der Waals surface area contributed by atoms with Crippen LogP contribution in [-0.4, -0.2) is 39.9 Å². The second kappa shape index (κ2) is 4.63. The molecule has 0 unspecified atom stereocenters. The molecule has 2 rings (SSSR count). The van der Waals surface area contributed by atoms with Crippen molar-refractivity contribution in [3.05, 3.63) is 29.8 Å². The van der Waals surface area contributed by atoms with Gasteiger partial charge in [0.25, 0.3) is 0 Å². The molecule has 1 fully saturated rings. The first-order valence-corrected chi connectivity index (χ1v) is 7.68. The number of hydrogen-bond acceptors (Lipinski definition) is 1. The molecule has 0 aromatic heterocycles. The zero-order chi connectivity index (χ0) is 10.8. The Morgan fingerprint density at radius 3 is 2.80 bits per heavy atom. The van der Waals surface area contributed by atoms with Gasteiger partial charge in [0.15, 0.2) is 0 Å². The van der Waals surface area contributed by atoms with Crippen molar-refractivity contribution in [3.8, 4) is 0 Å². The molecule has 0 radical (unpaired) electrons. The zero-order valence-corrected chi connectivity index (χ0v) is 11.8. The molecule has 0 aliphatic carbocycles. The van der Waals surface area contributed by atoms with E-state index in [-0.39, 0.29) is 5.91 Å². The van der Waals surface area contributed by atoms with Crippen LogP contribution in [0.4, 0.5) is 5.69 Å². The van der Waals surface area contributed by atoms with Gasteiger partial charge in [0.1, 0.15) is 0 Å². The topological polar surface area (TPSA) is 20.3 Å².